The molecule has 0 N–H and O–H groups in total. The average molecular weight is 436 g/mol. The van der Waals surface area contributed by atoms with Crippen LogP contribution < -0.4 is 9.47 Å². The third-order valence-corrected chi connectivity index (χ3v) is 6.03. The molecule has 2 aromatic rings. The minimum atomic E-state index is -4.71. The third-order valence-electron chi connectivity index (χ3n) is 6.03. The van der Waals surface area contributed by atoms with Crippen molar-refractivity contribution in [2.24, 2.45) is 0 Å². The van der Waals surface area contributed by atoms with Crippen LogP contribution in [-0.4, -0.2) is 31.8 Å². The van der Waals surface area contributed by atoms with E-state index in [1.54, 1.807) is 19.2 Å². The number of halogens is 3. The summed E-state index contributed by atoms with van der Waals surface area (Å²) in [6.07, 6.45) is -3.37. The Hall–Kier alpha value is -2.19. The molecule has 1 saturated heterocycles. The fraction of sp³-hybridized carbons (Fsp3) is 0.478. The highest BCUT2D eigenvalue weighted by molar-refractivity contribution is 6.45. The Bertz CT molecular complexity index is 848. The molecule has 2 aromatic carbocycles. The van der Waals surface area contributed by atoms with Crippen LogP contribution >= 0.6 is 0 Å². The number of hydrogen-bond acceptors (Lipinski definition) is 4. The Labute approximate surface area is 181 Å². The van der Waals surface area contributed by atoms with Crippen molar-refractivity contribution in [2.75, 3.05) is 7.11 Å². The van der Waals surface area contributed by atoms with Crippen LogP contribution in [0.1, 0.15) is 51.2 Å². The van der Waals surface area contributed by atoms with Gasteiger partial charge in [0.05, 0.1) is 18.3 Å². The minimum Gasteiger partial charge on any atom is -0.497 e. The predicted molar refractivity (Wildman–Crippen MR) is 113 cm³/mol. The van der Waals surface area contributed by atoms with Gasteiger partial charge in [-0.3, -0.25) is 0 Å². The Balaban J connectivity index is 1.80. The van der Waals surface area contributed by atoms with E-state index in [0.717, 1.165) is 16.9 Å². The maximum Gasteiger partial charge on any atom is 0.573 e. The van der Waals surface area contributed by atoms with Gasteiger partial charge in [-0.25, -0.2) is 0 Å². The molecule has 1 fully saturated rings. The maximum absolute atomic E-state index is 12.5. The van der Waals surface area contributed by atoms with Gasteiger partial charge in [-0.1, -0.05) is 24.3 Å². The Morgan fingerprint density at radius 2 is 1.29 bits per heavy atom. The van der Waals surface area contributed by atoms with E-state index in [1.165, 1.54) is 12.1 Å². The highest BCUT2D eigenvalue weighted by Crippen LogP contribution is 2.40. The van der Waals surface area contributed by atoms with Gasteiger partial charge in [-0.2, -0.15) is 0 Å². The highest BCUT2D eigenvalue weighted by atomic mass is 19.4. The second-order valence-corrected chi connectivity index (χ2v) is 8.71. The van der Waals surface area contributed by atoms with E-state index in [-0.39, 0.29) is 18.8 Å². The first-order chi connectivity index (χ1) is 14.4. The monoisotopic (exact) mass is 436 g/mol. The van der Waals surface area contributed by atoms with Gasteiger partial charge in [0.15, 0.2) is 0 Å². The van der Waals surface area contributed by atoms with E-state index in [0.29, 0.717) is 12.7 Å². The number of hydrogen-bond donors (Lipinski definition) is 0. The molecule has 0 aliphatic carbocycles. The molecule has 0 aromatic heterocycles. The quantitative estimate of drug-likeness (QED) is 0.484. The summed E-state index contributed by atoms with van der Waals surface area (Å²) in [5, 5.41) is 0. The zero-order valence-corrected chi connectivity index (χ0v) is 18.5. The van der Waals surface area contributed by atoms with Crippen LogP contribution in [0.5, 0.6) is 11.5 Å². The van der Waals surface area contributed by atoms with Crippen LogP contribution in [0.15, 0.2) is 48.5 Å². The lowest BCUT2D eigenvalue weighted by atomic mass is 9.76. The van der Waals surface area contributed by atoms with E-state index >= 15 is 0 Å². The van der Waals surface area contributed by atoms with E-state index in [1.807, 2.05) is 52.0 Å². The molecule has 1 heterocycles. The third kappa shape index (κ3) is 5.74. The lowest BCUT2D eigenvalue weighted by Gasteiger charge is -2.32. The fourth-order valence-electron chi connectivity index (χ4n) is 3.65. The second kappa shape index (κ2) is 8.75. The number of methoxy groups -OCH3 is 1. The van der Waals surface area contributed by atoms with E-state index in [9.17, 15) is 13.2 Å². The summed E-state index contributed by atoms with van der Waals surface area (Å²) in [5.74, 6) is 0.447. The predicted octanol–water partition coefficient (Wildman–Crippen LogP) is 6.21. The van der Waals surface area contributed by atoms with Crippen molar-refractivity contribution in [1.29, 1.82) is 0 Å². The van der Waals surface area contributed by atoms with Crippen molar-refractivity contribution in [3.63, 3.8) is 0 Å². The van der Waals surface area contributed by atoms with Crippen LogP contribution in [0, 0.1) is 0 Å². The van der Waals surface area contributed by atoms with Gasteiger partial charge in [0.25, 0.3) is 0 Å². The number of rotatable bonds is 7. The van der Waals surface area contributed by atoms with Crippen molar-refractivity contribution in [3.8, 4) is 11.5 Å². The van der Waals surface area contributed by atoms with Gasteiger partial charge < -0.3 is 18.8 Å². The summed E-state index contributed by atoms with van der Waals surface area (Å²) in [6.45, 7) is 8.03. The zero-order valence-electron chi connectivity index (χ0n) is 18.5. The smallest absolute Gasteiger partial charge is 0.497 e. The standard InChI is InChI=1S/C23H28BF3O4/c1-21(2)22(3,4)31-24(30-21)15-14-20(16-6-10-18(28-5)11-7-16)17-8-12-19(13-9-17)29-23(25,26)27/h6-13,20H,14-15H2,1-5H3. The molecule has 8 heteroatoms. The summed E-state index contributed by atoms with van der Waals surface area (Å²) in [6, 6.07) is 13.7. The first kappa shape index (κ1) is 23.5. The van der Waals surface area contributed by atoms with Gasteiger partial charge in [0.2, 0.25) is 0 Å². The number of ether oxygens (including phenoxy) is 2. The molecule has 0 saturated carbocycles. The zero-order chi connectivity index (χ0) is 22.9. The molecule has 3 rings (SSSR count). The van der Waals surface area contributed by atoms with Crippen molar-refractivity contribution in [3.05, 3.63) is 59.7 Å². The van der Waals surface area contributed by atoms with Crippen molar-refractivity contribution in [2.45, 2.75) is 63.9 Å². The Kier molecular flexibility index (Phi) is 6.63. The summed E-state index contributed by atoms with van der Waals surface area (Å²) >= 11 is 0. The van der Waals surface area contributed by atoms with E-state index in [4.69, 9.17) is 14.0 Å². The molecule has 1 aliphatic rings. The molecule has 168 valence electrons. The Morgan fingerprint density at radius 3 is 1.71 bits per heavy atom. The van der Waals surface area contributed by atoms with Gasteiger partial charge >= 0.3 is 13.5 Å². The number of alkyl halides is 3. The molecule has 0 radical (unpaired) electrons. The van der Waals surface area contributed by atoms with Crippen LogP contribution in [-0.2, 0) is 9.31 Å². The average Bonchev–Trinajstić information content (AvgIpc) is 2.89. The molecule has 0 bridgehead atoms. The first-order valence-corrected chi connectivity index (χ1v) is 10.3. The van der Waals surface area contributed by atoms with Gasteiger partial charge in [-0.05, 0) is 75.8 Å². The molecular formula is C23H28BF3O4. The van der Waals surface area contributed by atoms with Crippen LogP contribution in [0.25, 0.3) is 0 Å². The molecule has 1 atom stereocenters. The lowest BCUT2D eigenvalue weighted by Crippen LogP contribution is -2.41. The van der Waals surface area contributed by atoms with Crippen LogP contribution in [0.3, 0.4) is 0 Å². The van der Waals surface area contributed by atoms with E-state index in [2.05, 4.69) is 4.74 Å². The molecule has 0 spiro atoms. The van der Waals surface area contributed by atoms with Crippen molar-refractivity contribution >= 4 is 7.12 Å². The van der Waals surface area contributed by atoms with Gasteiger partial charge in [0, 0.05) is 5.92 Å². The van der Waals surface area contributed by atoms with Crippen LogP contribution in [0.4, 0.5) is 13.2 Å². The topological polar surface area (TPSA) is 36.9 Å². The van der Waals surface area contributed by atoms with Gasteiger partial charge in [-0.15, -0.1) is 13.2 Å². The largest absolute Gasteiger partial charge is 0.573 e. The highest BCUT2D eigenvalue weighted by Gasteiger charge is 2.50. The van der Waals surface area contributed by atoms with Crippen molar-refractivity contribution in [1.82, 2.24) is 0 Å². The van der Waals surface area contributed by atoms with Crippen LogP contribution in [0.2, 0.25) is 6.32 Å². The molecule has 1 unspecified atom stereocenters. The normalized spacial score (nSPS) is 18.6. The SMILES string of the molecule is COc1ccc(C(CCB2OC(C)(C)C(C)(C)O2)c2ccc(OC(F)(F)F)cc2)cc1. The lowest BCUT2D eigenvalue weighted by molar-refractivity contribution is -0.274. The first-order valence-electron chi connectivity index (χ1n) is 10.3. The molecule has 31 heavy (non-hydrogen) atoms. The summed E-state index contributed by atoms with van der Waals surface area (Å²) in [7, 11) is 1.25. The van der Waals surface area contributed by atoms with E-state index < -0.39 is 17.6 Å². The molecular weight excluding hydrogens is 408 g/mol. The molecule has 1 aliphatic heterocycles. The van der Waals surface area contributed by atoms with Gasteiger partial charge in [0.1, 0.15) is 11.5 Å². The maximum atomic E-state index is 12.5. The summed E-state index contributed by atoms with van der Waals surface area (Å²) in [4.78, 5) is 0. The second-order valence-electron chi connectivity index (χ2n) is 8.71. The molecule has 0 amide bonds. The fourth-order valence-corrected chi connectivity index (χ4v) is 3.65. The Morgan fingerprint density at radius 1 is 0.839 bits per heavy atom. The van der Waals surface area contributed by atoms with Crippen molar-refractivity contribution < 1.29 is 32.0 Å². The molecule has 4 nitrogen and oxygen atoms in total. The number of benzene rings is 2. The summed E-state index contributed by atoms with van der Waals surface area (Å²) in [5.41, 5.74) is 1.09. The minimum absolute atomic E-state index is 0.0510. The summed E-state index contributed by atoms with van der Waals surface area (Å²) < 4.78 is 58.9.